The molecule has 0 amide bonds. The topological polar surface area (TPSA) is 35.2 Å². The summed E-state index contributed by atoms with van der Waals surface area (Å²) >= 11 is 5.78. The van der Waals surface area contributed by atoms with Gasteiger partial charge in [-0.15, -0.1) is 0 Å². The van der Waals surface area contributed by atoms with E-state index in [0.29, 0.717) is 0 Å². The number of ether oxygens (including phenoxy) is 1. The van der Waals surface area contributed by atoms with Crippen LogP contribution in [0.3, 0.4) is 0 Å². The molecule has 0 aliphatic heterocycles. The molecule has 0 aromatic heterocycles. The quantitative estimate of drug-likeness (QED) is 0.723. The molecule has 2 nitrogen and oxygen atoms in total. The normalized spacial score (nSPS) is 12.2. The Hall–Kier alpha value is -0.590. The third-order valence-corrected chi connectivity index (χ3v) is 3.92. The summed E-state index contributed by atoms with van der Waals surface area (Å²) in [5.41, 5.74) is 6.94. The number of nitrogens with two attached hydrogens (primary N) is 1. The molecule has 2 rings (SSSR count). The van der Waals surface area contributed by atoms with Crippen LogP contribution in [0.4, 0.5) is 0 Å². The summed E-state index contributed by atoms with van der Waals surface area (Å²) in [6.07, 6.45) is 0. The van der Waals surface area contributed by atoms with Crippen LogP contribution in [-0.4, -0.2) is 0 Å². The van der Waals surface area contributed by atoms with Crippen LogP contribution in [0.5, 0.6) is 11.5 Å². The highest BCUT2D eigenvalue weighted by Crippen LogP contribution is 2.29. The highest BCUT2D eigenvalue weighted by Gasteiger charge is 2.06. The molecule has 0 aliphatic carbocycles. The van der Waals surface area contributed by atoms with Gasteiger partial charge in [-0.25, -0.2) is 0 Å². The van der Waals surface area contributed by atoms with Gasteiger partial charge in [0.15, 0.2) is 0 Å². The largest absolute Gasteiger partial charge is 0.457 e. The summed E-state index contributed by atoms with van der Waals surface area (Å²) in [7, 11) is 0. The van der Waals surface area contributed by atoms with Crippen LogP contribution in [0, 0.1) is 3.57 Å². The van der Waals surface area contributed by atoms with E-state index in [-0.39, 0.29) is 6.04 Å². The molecule has 0 fully saturated rings. The fourth-order valence-corrected chi connectivity index (χ4v) is 2.66. The lowest BCUT2D eigenvalue weighted by Crippen LogP contribution is -2.05. The lowest BCUT2D eigenvalue weighted by atomic mass is 10.1. The summed E-state index contributed by atoms with van der Waals surface area (Å²) in [6, 6.07) is 13.8. The molecular formula is C14H13BrINO. The molecule has 4 heteroatoms. The van der Waals surface area contributed by atoms with Crippen LogP contribution in [-0.2, 0) is 0 Å². The van der Waals surface area contributed by atoms with E-state index >= 15 is 0 Å². The Labute approximate surface area is 129 Å². The molecule has 0 bridgehead atoms. The minimum atomic E-state index is 0.00623. The summed E-state index contributed by atoms with van der Waals surface area (Å²) in [4.78, 5) is 0. The van der Waals surface area contributed by atoms with E-state index in [1.165, 1.54) is 3.57 Å². The lowest BCUT2D eigenvalue weighted by molar-refractivity contribution is 0.482. The molecule has 1 atom stereocenters. The number of hydrogen-bond donors (Lipinski definition) is 1. The first kappa shape index (κ1) is 13.8. The second-order valence-corrected chi connectivity index (χ2v) is 6.13. The van der Waals surface area contributed by atoms with Gasteiger partial charge in [-0.2, -0.15) is 0 Å². The fourth-order valence-electron chi connectivity index (χ4n) is 1.58. The van der Waals surface area contributed by atoms with Crippen LogP contribution < -0.4 is 10.5 Å². The average Bonchev–Trinajstić information content (AvgIpc) is 2.32. The molecule has 0 radical (unpaired) electrons. The van der Waals surface area contributed by atoms with Crippen molar-refractivity contribution in [2.45, 2.75) is 13.0 Å². The number of halogens is 2. The average molecular weight is 418 g/mol. The van der Waals surface area contributed by atoms with E-state index < -0.39 is 0 Å². The van der Waals surface area contributed by atoms with Gasteiger partial charge in [-0.3, -0.25) is 0 Å². The van der Waals surface area contributed by atoms with E-state index in [0.717, 1.165) is 21.5 Å². The van der Waals surface area contributed by atoms with E-state index in [9.17, 15) is 0 Å². The molecule has 94 valence electrons. The molecule has 0 unspecified atom stereocenters. The minimum Gasteiger partial charge on any atom is -0.457 e. The molecule has 2 aromatic carbocycles. The molecule has 2 N–H and O–H groups in total. The number of benzene rings is 2. The Morgan fingerprint density at radius 2 is 1.72 bits per heavy atom. The zero-order valence-corrected chi connectivity index (χ0v) is 13.6. The summed E-state index contributed by atoms with van der Waals surface area (Å²) in [5.74, 6) is 1.63. The van der Waals surface area contributed by atoms with Gasteiger partial charge in [0, 0.05) is 14.1 Å². The first-order valence-electron chi connectivity index (χ1n) is 5.54. The predicted octanol–water partition coefficient (Wildman–Crippen LogP) is 4.87. The van der Waals surface area contributed by atoms with Gasteiger partial charge < -0.3 is 10.5 Å². The summed E-state index contributed by atoms with van der Waals surface area (Å²) in [5, 5.41) is 0. The zero-order valence-electron chi connectivity index (χ0n) is 9.86. The second kappa shape index (κ2) is 6.04. The molecule has 2 aromatic rings. The molecule has 18 heavy (non-hydrogen) atoms. The zero-order chi connectivity index (χ0) is 13.1. The summed E-state index contributed by atoms with van der Waals surface area (Å²) < 4.78 is 7.94. The Morgan fingerprint density at radius 3 is 2.28 bits per heavy atom. The second-order valence-electron chi connectivity index (χ2n) is 4.03. The van der Waals surface area contributed by atoms with Crippen molar-refractivity contribution < 1.29 is 4.74 Å². The predicted molar refractivity (Wildman–Crippen MR) is 86.0 cm³/mol. The SMILES string of the molecule is C[C@H](N)c1ccc(Oc2ccc(I)cc2)cc1Br. The van der Waals surface area contributed by atoms with Crippen LogP contribution in [0.2, 0.25) is 0 Å². The van der Waals surface area contributed by atoms with Crippen molar-refractivity contribution in [1.82, 2.24) is 0 Å². The Bertz CT molecular complexity index is 540. The number of hydrogen-bond acceptors (Lipinski definition) is 2. The van der Waals surface area contributed by atoms with E-state index in [1.807, 2.05) is 49.4 Å². The molecule has 0 saturated heterocycles. The monoisotopic (exact) mass is 417 g/mol. The van der Waals surface area contributed by atoms with E-state index in [2.05, 4.69) is 38.5 Å². The van der Waals surface area contributed by atoms with Gasteiger partial charge in [0.2, 0.25) is 0 Å². The van der Waals surface area contributed by atoms with Crippen molar-refractivity contribution >= 4 is 38.5 Å². The van der Waals surface area contributed by atoms with Gasteiger partial charge >= 0.3 is 0 Å². The van der Waals surface area contributed by atoms with Gasteiger partial charge in [0.05, 0.1) is 0 Å². The Morgan fingerprint density at radius 1 is 1.11 bits per heavy atom. The van der Waals surface area contributed by atoms with Crippen LogP contribution in [0.25, 0.3) is 0 Å². The first-order chi connectivity index (χ1) is 8.56. The van der Waals surface area contributed by atoms with Gasteiger partial charge in [0.25, 0.3) is 0 Å². The molecule has 0 aliphatic rings. The van der Waals surface area contributed by atoms with Crippen molar-refractivity contribution in [2.75, 3.05) is 0 Å². The fraction of sp³-hybridized carbons (Fsp3) is 0.143. The maximum absolute atomic E-state index is 5.86. The van der Waals surface area contributed by atoms with Crippen LogP contribution >= 0.6 is 38.5 Å². The smallest absolute Gasteiger partial charge is 0.128 e. The Kier molecular flexibility index (Phi) is 4.64. The van der Waals surface area contributed by atoms with Crippen molar-refractivity contribution in [3.05, 3.63) is 56.1 Å². The lowest BCUT2D eigenvalue weighted by Gasteiger charge is -2.11. The third kappa shape index (κ3) is 3.46. The van der Waals surface area contributed by atoms with Gasteiger partial charge in [-0.1, -0.05) is 22.0 Å². The number of rotatable bonds is 3. The maximum atomic E-state index is 5.86. The standard InChI is InChI=1S/C14H13BrINO/c1-9(17)13-7-6-12(8-14(13)15)18-11-4-2-10(16)3-5-11/h2-9H,17H2,1H3/t9-/m0/s1. The van der Waals surface area contributed by atoms with Crippen LogP contribution in [0.15, 0.2) is 46.9 Å². The molecule has 0 heterocycles. The van der Waals surface area contributed by atoms with Crippen molar-refractivity contribution in [3.8, 4) is 11.5 Å². The Balaban J connectivity index is 2.20. The van der Waals surface area contributed by atoms with Crippen molar-refractivity contribution in [1.29, 1.82) is 0 Å². The first-order valence-corrected chi connectivity index (χ1v) is 7.42. The minimum absolute atomic E-state index is 0.00623. The van der Waals surface area contributed by atoms with Crippen LogP contribution in [0.1, 0.15) is 18.5 Å². The van der Waals surface area contributed by atoms with E-state index in [1.54, 1.807) is 0 Å². The van der Waals surface area contributed by atoms with E-state index in [4.69, 9.17) is 10.5 Å². The van der Waals surface area contributed by atoms with Gasteiger partial charge in [0.1, 0.15) is 11.5 Å². The van der Waals surface area contributed by atoms with Crippen molar-refractivity contribution in [3.63, 3.8) is 0 Å². The van der Waals surface area contributed by atoms with Crippen molar-refractivity contribution in [2.24, 2.45) is 5.73 Å². The summed E-state index contributed by atoms with van der Waals surface area (Å²) in [6.45, 7) is 1.96. The maximum Gasteiger partial charge on any atom is 0.128 e. The highest BCUT2D eigenvalue weighted by atomic mass is 127. The molecule has 0 saturated carbocycles. The highest BCUT2D eigenvalue weighted by molar-refractivity contribution is 14.1. The molecule has 0 spiro atoms. The van der Waals surface area contributed by atoms with Gasteiger partial charge in [-0.05, 0) is 71.5 Å². The molecular weight excluding hydrogens is 405 g/mol. The third-order valence-electron chi connectivity index (χ3n) is 2.51.